The van der Waals surface area contributed by atoms with Gasteiger partial charge in [-0.15, -0.1) is 0 Å². The number of nitrogens with one attached hydrogen (secondary N) is 1. The third-order valence-electron chi connectivity index (χ3n) is 5.93. The monoisotopic (exact) mass is 417 g/mol. The summed E-state index contributed by atoms with van der Waals surface area (Å²) in [6.45, 7) is 3.08. The minimum atomic E-state index is 0.129. The zero-order valence-electron chi connectivity index (χ0n) is 19.6. The first-order valence-corrected chi connectivity index (χ1v) is 12.8. The molecule has 0 radical (unpaired) electrons. The molecule has 0 fully saturated rings. The molecule has 3 heteroatoms. The van der Waals surface area contributed by atoms with Crippen molar-refractivity contribution in [1.29, 1.82) is 0 Å². The molecular formula is C27H47NO2. The third kappa shape index (κ3) is 16.3. The first kappa shape index (κ1) is 26.5. The molecule has 0 spiro atoms. The molecule has 0 saturated heterocycles. The first-order chi connectivity index (χ1) is 14.7. The van der Waals surface area contributed by atoms with Crippen molar-refractivity contribution in [2.75, 3.05) is 6.54 Å². The average Bonchev–Trinajstić information content (AvgIpc) is 2.75. The number of hydrogen-bond donors (Lipinski definition) is 2. The number of carbonyl (C=O) groups is 1. The number of carbonyl (C=O) groups excluding carboxylic acids is 1. The largest absolute Gasteiger partial charge is 0.508 e. The minimum absolute atomic E-state index is 0.129. The van der Waals surface area contributed by atoms with Gasteiger partial charge in [-0.2, -0.15) is 0 Å². The molecule has 0 aliphatic carbocycles. The summed E-state index contributed by atoms with van der Waals surface area (Å²) >= 11 is 0. The highest BCUT2D eigenvalue weighted by Gasteiger charge is 2.02. The summed E-state index contributed by atoms with van der Waals surface area (Å²) in [5.74, 6) is 0.399. The summed E-state index contributed by atoms with van der Waals surface area (Å²) < 4.78 is 0. The van der Waals surface area contributed by atoms with Crippen LogP contribution in [0.5, 0.6) is 5.75 Å². The maximum atomic E-state index is 11.9. The fourth-order valence-electron chi connectivity index (χ4n) is 3.91. The second-order valence-electron chi connectivity index (χ2n) is 8.82. The van der Waals surface area contributed by atoms with Gasteiger partial charge in [0, 0.05) is 13.0 Å². The summed E-state index contributed by atoms with van der Waals surface area (Å²) in [6.07, 6.45) is 23.2. The number of hydrogen-bond acceptors (Lipinski definition) is 2. The number of benzene rings is 1. The molecule has 0 aliphatic rings. The van der Waals surface area contributed by atoms with Gasteiger partial charge in [-0.05, 0) is 30.5 Å². The van der Waals surface area contributed by atoms with Gasteiger partial charge in [-0.25, -0.2) is 0 Å². The topological polar surface area (TPSA) is 49.3 Å². The molecular weight excluding hydrogens is 370 g/mol. The van der Waals surface area contributed by atoms with Crippen LogP contribution in [0.2, 0.25) is 0 Å². The van der Waals surface area contributed by atoms with Gasteiger partial charge in [0.05, 0.1) is 0 Å². The van der Waals surface area contributed by atoms with Crippen LogP contribution in [0.15, 0.2) is 24.3 Å². The smallest absolute Gasteiger partial charge is 0.220 e. The van der Waals surface area contributed by atoms with Crippen LogP contribution in [0.25, 0.3) is 0 Å². The molecule has 3 nitrogen and oxygen atoms in total. The Hall–Kier alpha value is -1.51. The standard InChI is InChI=1S/C27H47NO2/c1-2-3-4-5-6-7-8-9-10-11-12-13-14-15-16-17-24-28-27(30)23-20-25-18-21-26(29)22-19-25/h18-19,21-22,29H,2-17,20,23-24H2,1H3,(H,28,30). The van der Waals surface area contributed by atoms with Crippen molar-refractivity contribution in [2.24, 2.45) is 0 Å². The lowest BCUT2D eigenvalue weighted by Gasteiger charge is -2.06. The van der Waals surface area contributed by atoms with E-state index in [1.807, 2.05) is 12.1 Å². The van der Waals surface area contributed by atoms with Crippen LogP contribution in [0.3, 0.4) is 0 Å². The Kier molecular flexibility index (Phi) is 17.2. The number of rotatable bonds is 20. The highest BCUT2D eigenvalue weighted by Crippen LogP contribution is 2.14. The van der Waals surface area contributed by atoms with Crippen LogP contribution in [0.1, 0.15) is 122 Å². The van der Waals surface area contributed by atoms with Crippen LogP contribution in [-0.2, 0) is 11.2 Å². The second-order valence-corrected chi connectivity index (χ2v) is 8.82. The van der Waals surface area contributed by atoms with Gasteiger partial charge < -0.3 is 10.4 Å². The summed E-state index contributed by atoms with van der Waals surface area (Å²) in [7, 11) is 0. The van der Waals surface area contributed by atoms with Crippen molar-refractivity contribution >= 4 is 5.91 Å². The van der Waals surface area contributed by atoms with E-state index in [2.05, 4.69) is 12.2 Å². The third-order valence-corrected chi connectivity index (χ3v) is 5.93. The van der Waals surface area contributed by atoms with Gasteiger partial charge in [0.2, 0.25) is 5.91 Å². The van der Waals surface area contributed by atoms with E-state index in [4.69, 9.17) is 0 Å². The molecule has 0 aliphatic heterocycles. The molecule has 0 unspecified atom stereocenters. The molecule has 0 bridgehead atoms. The molecule has 0 aromatic heterocycles. The Morgan fingerprint density at radius 3 is 1.60 bits per heavy atom. The number of unbranched alkanes of at least 4 members (excludes halogenated alkanes) is 15. The summed E-state index contributed by atoms with van der Waals surface area (Å²) in [5.41, 5.74) is 1.09. The van der Waals surface area contributed by atoms with E-state index in [9.17, 15) is 9.90 Å². The van der Waals surface area contributed by atoms with E-state index in [1.54, 1.807) is 12.1 Å². The molecule has 1 amide bonds. The van der Waals surface area contributed by atoms with Gasteiger partial charge in [0.15, 0.2) is 0 Å². The van der Waals surface area contributed by atoms with Crippen molar-refractivity contribution in [3.8, 4) is 5.75 Å². The van der Waals surface area contributed by atoms with Gasteiger partial charge >= 0.3 is 0 Å². The zero-order valence-corrected chi connectivity index (χ0v) is 19.6. The predicted molar refractivity (Wildman–Crippen MR) is 129 cm³/mol. The summed E-state index contributed by atoms with van der Waals surface area (Å²) in [5, 5.41) is 12.3. The first-order valence-electron chi connectivity index (χ1n) is 12.8. The van der Waals surface area contributed by atoms with E-state index in [1.165, 1.54) is 96.3 Å². The van der Waals surface area contributed by atoms with Crippen LogP contribution < -0.4 is 5.32 Å². The molecule has 30 heavy (non-hydrogen) atoms. The van der Waals surface area contributed by atoms with Crippen molar-refractivity contribution in [3.63, 3.8) is 0 Å². The molecule has 0 saturated carbocycles. The molecule has 1 aromatic rings. The van der Waals surface area contributed by atoms with E-state index < -0.39 is 0 Å². The highest BCUT2D eigenvalue weighted by atomic mass is 16.3. The van der Waals surface area contributed by atoms with Crippen molar-refractivity contribution < 1.29 is 9.90 Å². The number of aryl methyl sites for hydroxylation is 1. The van der Waals surface area contributed by atoms with E-state index in [0.717, 1.165) is 24.9 Å². The Morgan fingerprint density at radius 1 is 0.700 bits per heavy atom. The lowest BCUT2D eigenvalue weighted by molar-refractivity contribution is -0.121. The molecule has 1 rings (SSSR count). The predicted octanol–water partition coefficient (Wildman–Crippen LogP) is 7.70. The molecule has 2 N–H and O–H groups in total. The minimum Gasteiger partial charge on any atom is -0.508 e. The Balaban J connectivity index is 1.77. The second kappa shape index (κ2) is 19.5. The fourth-order valence-corrected chi connectivity index (χ4v) is 3.91. The Labute approximate surface area is 186 Å². The Bertz CT molecular complexity index is 512. The van der Waals surface area contributed by atoms with Gasteiger partial charge in [0.1, 0.15) is 5.75 Å². The quantitative estimate of drug-likeness (QED) is 0.213. The van der Waals surface area contributed by atoms with Gasteiger partial charge in [0.25, 0.3) is 0 Å². The Morgan fingerprint density at radius 2 is 1.13 bits per heavy atom. The number of amides is 1. The van der Waals surface area contributed by atoms with Gasteiger partial charge in [-0.1, -0.05) is 115 Å². The molecule has 172 valence electrons. The average molecular weight is 418 g/mol. The van der Waals surface area contributed by atoms with Crippen molar-refractivity contribution in [2.45, 2.75) is 122 Å². The highest BCUT2D eigenvalue weighted by molar-refractivity contribution is 5.76. The van der Waals surface area contributed by atoms with E-state index >= 15 is 0 Å². The lowest BCUT2D eigenvalue weighted by atomic mass is 10.0. The molecule has 1 aromatic carbocycles. The number of phenolic OH excluding ortho intramolecular Hbond substituents is 1. The van der Waals surface area contributed by atoms with Crippen LogP contribution >= 0.6 is 0 Å². The van der Waals surface area contributed by atoms with Crippen LogP contribution in [-0.4, -0.2) is 17.6 Å². The van der Waals surface area contributed by atoms with E-state index in [-0.39, 0.29) is 11.7 Å². The SMILES string of the molecule is CCCCCCCCCCCCCCCCCCNC(=O)CCc1ccc(O)cc1. The summed E-state index contributed by atoms with van der Waals surface area (Å²) in [6, 6.07) is 7.09. The molecule has 0 atom stereocenters. The zero-order chi connectivity index (χ0) is 21.7. The number of phenols is 1. The normalized spacial score (nSPS) is 11.0. The fraction of sp³-hybridized carbons (Fsp3) is 0.741. The number of aromatic hydroxyl groups is 1. The molecule has 0 heterocycles. The van der Waals surface area contributed by atoms with E-state index in [0.29, 0.717) is 6.42 Å². The van der Waals surface area contributed by atoms with Crippen LogP contribution in [0.4, 0.5) is 0 Å². The lowest BCUT2D eigenvalue weighted by Crippen LogP contribution is -2.24. The maximum absolute atomic E-state index is 11.9. The van der Waals surface area contributed by atoms with Crippen molar-refractivity contribution in [1.82, 2.24) is 5.32 Å². The summed E-state index contributed by atoms with van der Waals surface area (Å²) in [4.78, 5) is 11.9. The maximum Gasteiger partial charge on any atom is 0.220 e. The van der Waals surface area contributed by atoms with Gasteiger partial charge in [-0.3, -0.25) is 4.79 Å². The van der Waals surface area contributed by atoms with Crippen LogP contribution in [0, 0.1) is 0 Å². The van der Waals surface area contributed by atoms with Crippen molar-refractivity contribution in [3.05, 3.63) is 29.8 Å².